The van der Waals surface area contributed by atoms with Crippen molar-refractivity contribution in [3.63, 3.8) is 0 Å². The summed E-state index contributed by atoms with van der Waals surface area (Å²) in [7, 11) is 0. The lowest BCUT2D eigenvalue weighted by molar-refractivity contribution is -0.128. The highest BCUT2D eigenvalue weighted by molar-refractivity contribution is 6.30. The minimum absolute atomic E-state index is 0.121. The summed E-state index contributed by atoms with van der Waals surface area (Å²) >= 11 is 6.00. The maximum Gasteiger partial charge on any atom is 0.279 e. The van der Waals surface area contributed by atoms with E-state index in [0.717, 1.165) is 11.1 Å². The fraction of sp³-hybridized carbons (Fsp3) is 0.263. The lowest BCUT2D eigenvalue weighted by Crippen LogP contribution is -2.47. The second-order valence-electron chi connectivity index (χ2n) is 6.14. The Bertz CT molecular complexity index is 877. The smallest absolute Gasteiger partial charge is 0.279 e. The van der Waals surface area contributed by atoms with E-state index in [-0.39, 0.29) is 6.79 Å². The molecule has 0 aromatic heterocycles. The van der Waals surface area contributed by atoms with Crippen molar-refractivity contribution in [3.05, 3.63) is 52.0 Å². The van der Waals surface area contributed by atoms with Crippen molar-refractivity contribution >= 4 is 23.4 Å². The van der Waals surface area contributed by atoms with Gasteiger partial charge in [-0.1, -0.05) is 11.6 Å². The first kappa shape index (κ1) is 18.8. The fourth-order valence-electron chi connectivity index (χ4n) is 2.64. The molecule has 1 unspecified atom stereocenters. The summed E-state index contributed by atoms with van der Waals surface area (Å²) in [4.78, 5) is 24.4. The molecule has 0 radical (unpaired) electrons. The maximum absolute atomic E-state index is 12.2. The first-order valence-corrected chi connectivity index (χ1v) is 8.66. The molecule has 8 heteroatoms. The van der Waals surface area contributed by atoms with Gasteiger partial charge in [-0.25, -0.2) is 0 Å². The number of carbonyl (C=O) groups excluding carboxylic acids is 2. The number of amides is 2. The third-order valence-corrected chi connectivity index (χ3v) is 4.24. The zero-order valence-corrected chi connectivity index (χ0v) is 15.8. The lowest BCUT2D eigenvalue weighted by atomic mass is 10.1. The molecule has 0 spiro atoms. The van der Waals surface area contributed by atoms with Gasteiger partial charge in [-0.15, -0.1) is 0 Å². The molecule has 0 saturated heterocycles. The number of nitrogens with one attached hydrogen (secondary N) is 2. The maximum atomic E-state index is 12.2. The van der Waals surface area contributed by atoms with Crippen molar-refractivity contribution < 1.29 is 23.8 Å². The summed E-state index contributed by atoms with van der Waals surface area (Å²) in [5.41, 5.74) is 6.69. The van der Waals surface area contributed by atoms with Crippen LogP contribution in [-0.2, 0) is 4.79 Å². The van der Waals surface area contributed by atoms with Crippen molar-refractivity contribution in [1.29, 1.82) is 0 Å². The molecule has 2 N–H and O–H groups in total. The van der Waals surface area contributed by atoms with Gasteiger partial charge in [0.15, 0.2) is 17.6 Å². The minimum Gasteiger partial charge on any atom is -0.480 e. The molecule has 2 aromatic carbocycles. The van der Waals surface area contributed by atoms with Crippen LogP contribution in [0, 0.1) is 13.8 Å². The number of hydrogen-bond donors (Lipinski definition) is 2. The molecule has 1 atom stereocenters. The van der Waals surface area contributed by atoms with Crippen LogP contribution in [0.5, 0.6) is 17.2 Å². The third kappa shape index (κ3) is 4.25. The summed E-state index contributed by atoms with van der Waals surface area (Å²) in [6.45, 7) is 5.41. The average Bonchev–Trinajstić information content (AvgIpc) is 3.09. The van der Waals surface area contributed by atoms with Gasteiger partial charge in [-0.3, -0.25) is 20.4 Å². The second-order valence-corrected chi connectivity index (χ2v) is 6.58. The summed E-state index contributed by atoms with van der Waals surface area (Å²) in [6, 6.07) is 8.28. The highest BCUT2D eigenvalue weighted by Gasteiger charge is 2.20. The molecular weight excluding hydrogens is 372 g/mol. The summed E-state index contributed by atoms with van der Waals surface area (Å²) in [5, 5.41) is 0.602. The number of halogens is 1. The summed E-state index contributed by atoms with van der Waals surface area (Å²) in [6.07, 6.45) is -0.819. The lowest BCUT2D eigenvalue weighted by Gasteiger charge is -2.18. The molecule has 0 saturated carbocycles. The SMILES string of the molecule is Cc1cc(Cl)cc(C)c1OC(C)C(=O)NNC(=O)c1ccc2c(c1)OCO2. The Kier molecular flexibility index (Phi) is 5.41. The average molecular weight is 391 g/mol. The van der Waals surface area contributed by atoms with E-state index in [2.05, 4.69) is 10.9 Å². The van der Waals surface area contributed by atoms with Crippen LogP contribution in [0.1, 0.15) is 28.4 Å². The van der Waals surface area contributed by atoms with E-state index in [1.807, 2.05) is 13.8 Å². The fourth-order valence-corrected chi connectivity index (χ4v) is 2.97. The molecule has 3 rings (SSSR count). The summed E-state index contributed by atoms with van der Waals surface area (Å²) in [5.74, 6) is 0.681. The number of benzene rings is 2. The van der Waals surface area contributed by atoms with Crippen LogP contribution in [0.2, 0.25) is 5.02 Å². The Morgan fingerprint density at radius 2 is 1.74 bits per heavy atom. The molecule has 1 aliphatic heterocycles. The van der Waals surface area contributed by atoms with Crippen LogP contribution >= 0.6 is 11.6 Å². The van der Waals surface area contributed by atoms with Gasteiger partial charge >= 0.3 is 0 Å². The van der Waals surface area contributed by atoms with Crippen LogP contribution in [0.3, 0.4) is 0 Å². The van der Waals surface area contributed by atoms with Gasteiger partial charge < -0.3 is 14.2 Å². The van der Waals surface area contributed by atoms with Crippen molar-refractivity contribution in [1.82, 2.24) is 10.9 Å². The highest BCUT2D eigenvalue weighted by Crippen LogP contribution is 2.32. The zero-order chi connectivity index (χ0) is 19.6. The number of rotatable bonds is 4. The Labute approximate surface area is 161 Å². The topological polar surface area (TPSA) is 85.9 Å². The van der Waals surface area contributed by atoms with E-state index in [9.17, 15) is 9.59 Å². The monoisotopic (exact) mass is 390 g/mol. The number of fused-ring (bicyclic) bond motifs is 1. The molecule has 2 amide bonds. The number of ether oxygens (including phenoxy) is 3. The van der Waals surface area contributed by atoms with Crippen molar-refractivity contribution in [2.75, 3.05) is 6.79 Å². The molecule has 7 nitrogen and oxygen atoms in total. The van der Waals surface area contributed by atoms with Gasteiger partial charge in [0.2, 0.25) is 6.79 Å². The number of carbonyl (C=O) groups is 2. The molecule has 1 heterocycles. The van der Waals surface area contributed by atoms with E-state index in [4.69, 9.17) is 25.8 Å². The molecule has 27 heavy (non-hydrogen) atoms. The molecule has 2 aromatic rings. The largest absolute Gasteiger partial charge is 0.480 e. The predicted octanol–water partition coefficient (Wildman–Crippen LogP) is 2.91. The van der Waals surface area contributed by atoms with Crippen molar-refractivity contribution in [2.24, 2.45) is 0 Å². The standard InChI is InChI=1S/C19H19ClN2O5/c1-10-6-14(20)7-11(2)17(10)27-12(3)18(23)21-22-19(24)13-4-5-15-16(8-13)26-9-25-15/h4-8,12H,9H2,1-3H3,(H,21,23)(H,22,24). The van der Waals surface area contributed by atoms with E-state index in [1.165, 1.54) is 0 Å². The normalized spacial score (nSPS) is 13.0. The van der Waals surface area contributed by atoms with Crippen LogP contribution in [0.4, 0.5) is 0 Å². The first-order chi connectivity index (χ1) is 12.8. The van der Waals surface area contributed by atoms with Gasteiger partial charge in [0.05, 0.1) is 0 Å². The van der Waals surface area contributed by atoms with Crippen molar-refractivity contribution in [3.8, 4) is 17.2 Å². The van der Waals surface area contributed by atoms with Crippen molar-refractivity contribution in [2.45, 2.75) is 26.9 Å². The van der Waals surface area contributed by atoms with Gasteiger partial charge in [0.1, 0.15) is 5.75 Å². The van der Waals surface area contributed by atoms with E-state index < -0.39 is 17.9 Å². The van der Waals surface area contributed by atoms with Gasteiger partial charge in [0.25, 0.3) is 11.8 Å². The van der Waals surface area contributed by atoms with E-state index in [0.29, 0.717) is 27.8 Å². The molecule has 0 bridgehead atoms. The van der Waals surface area contributed by atoms with Gasteiger partial charge in [0, 0.05) is 10.6 Å². The zero-order valence-electron chi connectivity index (χ0n) is 15.1. The molecular formula is C19H19ClN2O5. The number of hydrogen-bond acceptors (Lipinski definition) is 5. The number of aryl methyl sites for hydroxylation is 2. The van der Waals surface area contributed by atoms with Gasteiger partial charge in [-0.05, 0) is 62.2 Å². The first-order valence-electron chi connectivity index (χ1n) is 8.28. The van der Waals surface area contributed by atoms with Gasteiger partial charge in [-0.2, -0.15) is 0 Å². The Morgan fingerprint density at radius 3 is 2.44 bits per heavy atom. The van der Waals surface area contributed by atoms with Crippen LogP contribution in [0.15, 0.2) is 30.3 Å². The molecule has 0 fully saturated rings. The molecule has 1 aliphatic rings. The molecule has 0 aliphatic carbocycles. The van der Waals surface area contributed by atoms with Crippen LogP contribution < -0.4 is 25.1 Å². The second kappa shape index (κ2) is 7.75. The highest BCUT2D eigenvalue weighted by atomic mass is 35.5. The third-order valence-electron chi connectivity index (χ3n) is 4.02. The van der Waals surface area contributed by atoms with E-state index in [1.54, 1.807) is 37.3 Å². The van der Waals surface area contributed by atoms with E-state index >= 15 is 0 Å². The predicted molar refractivity (Wildman–Crippen MR) is 99.2 cm³/mol. The van der Waals surface area contributed by atoms with Crippen LogP contribution in [-0.4, -0.2) is 24.7 Å². The summed E-state index contributed by atoms with van der Waals surface area (Å²) < 4.78 is 16.2. The quantitative estimate of drug-likeness (QED) is 0.784. The van der Waals surface area contributed by atoms with Crippen LogP contribution in [0.25, 0.3) is 0 Å². The minimum atomic E-state index is -0.819. The Balaban J connectivity index is 1.58. The number of hydrazine groups is 1. The Hall–Kier alpha value is -2.93. The Morgan fingerprint density at radius 1 is 1.07 bits per heavy atom. The molecule has 142 valence electrons.